The number of carboxylic acids is 2. The van der Waals surface area contributed by atoms with Crippen LogP contribution in [-0.4, -0.2) is 67.9 Å². The number of aliphatic carboxylic acids is 2. The molecular formula is C29H28ClF4N3O8. The molecule has 0 bridgehead atoms. The highest BCUT2D eigenvalue weighted by molar-refractivity contribution is 6.29. The van der Waals surface area contributed by atoms with E-state index < -0.39 is 59.7 Å². The normalized spacial score (nSPS) is 18.1. The summed E-state index contributed by atoms with van der Waals surface area (Å²) in [5, 5.41) is 36.2. The lowest BCUT2D eigenvalue weighted by Crippen LogP contribution is -2.47. The van der Waals surface area contributed by atoms with E-state index in [0.29, 0.717) is 22.8 Å². The summed E-state index contributed by atoms with van der Waals surface area (Å²) in [6, 6.07) is 13.2. The largest absolute Gasteiger partial charge is 0.573 e. The van der Waals surface area contributed by atoms with E-state index in [4.69, 9.17) is 32.0 Å². The first-order valence-corrected chi connectivity index (χ1v) is 13.4. The highest BCUT2D eigenvalue weighted by Crippen LogP contribution is 2.39. The summed E-state index contributed by atoms with van der Waals surface area (Å²) in [4.78, 5) is 38.7. The molecule has 242 valence electrons. The Kier molecular flexibility index (Phi) is 11.1. The first kappa shape index (κ1) is 35.2. The van der Waals surface area contributed by atoms with Crippen molar-refractivity contribution in [3.05, 3.63) is 89.0 Å². The van der Waals surface area contributed by atoms with E-state index in [2.05, 4.69) is 15.0 Å². The van der Waals surface area contributed by atoms with Crippen molar-refractivity contribution in [3.63, 3.8) is 0 Å². The van der Waals surface area contributed by atoms with Crippen LogP contribution in [0.2, 0.25) is 5.15 Å². The number of carbonyl (C=O) groups is 3. The minimum Gasteiger partial charge on any atom is -0.479 e. The third-order valence-corrected chi connectivity index (χ3v) is 6.90. The number of amides is 1. The Balaban J connectivity index is 0.000000477. The number of anilines is 1. The van der Waals surface area contributed by atoms with E-state index in [1.807, 2.05) is 19.9 Å². The van der Waals surface area contributed by atoms with Crippen LogP contribution in [0.15, 0.2) is 66.9 Å². The molecule has 4 rings (SSSR count). The Hall–Kier alpha value is -4.31. The molecule has 2 heterocycles. The molecule has 0 radical (unpaired) electrons. The summed E-state index contributed by atoms with van der Waals surface area (Å²) in [6.45, 7) is 3.79. The van der Waals surface area contributed by atoms with Crippen molar-refractivity contribution >= 4 is 35.1 Å². The van der Waals surface area contributed by atoms with Gasteiger partial charge in [-0.2, -0.15) is 0 Å². The molecule has 1 aliphatic rings. The number of hydrogen-bond donors (Lipinski definition) is 5. The van der Waals surface area contributed by atoms with E-state index in [1.54, 1.807) is 24.4 Å². The topological polar surface area (TPSA) is 170 Å². The van der Waals surface area contributed by atoms with Gasteiger partial charge in [-0.1, -0.05) is 29.8 Å². The van der Waals surface area contributed by atoms with Gasteiger partial charge in [0, 0.05) is 17.4 Å². The molecule has 4 atom stereocenters. The van der Waals surface area contributed by atoms with Crippen LogP contribution in [0.3, 0.4) is 0 Å². The highest BCUT2D eigenvalue weighted by Gasteiger charge is 2.43. The molecule has 2 unspecified atom stereocenters. The van der Waals surface area contributed by atoms with Crippen molar-refractivity contribution in [1.82, 2.24) is 10.3 Å². The molecule has 3 aromatic rings. The number of pyridine rings is 1. The van der Waals surface area contributed by atoms with E-state index in [9.17, 15) is 31.9 Å². The van der Waals surface area contributed by atoms with Crippen LogP contribution < -0.4 is 15.0 Å². The summed E-state index contributed by atoms with van der Waals surface area (Å²) in [6.07, 6.45) is -7.43. The van der Waals surface area contributed by atoms with Gasteiger partial charge in [-0.3, -0.25) is 10.1 Å². The van der Waals surface area contributed by atoms with Gasteiger partial charge in [0.2, 0.25) is 5.91 Å². The molecule has 16 heteroatoms. The SMILES string of the molecule is CC(C)(N[C@@H]1C[C@H](c2cccc(F)c2)N(c2ccc(OC(F)(F)F)cc2)C1=O)c1ccc(Cl)nc1.O=C(O)C(O)C(O)C(=O)O. The number of aliphatic hydroxyl groups excluding tert-OH is 2. The quantitative estimate of drug-likeness (QED) is 0.167. The van der Waals surface area contributed by atoms with Crippen LogP contribution in [0.4, 0.5) is 23.2 Å². The number of aliphatic hydroxyl groups is 2. The molecule has 1 aromatic heterocycles. The lowest BCUT2D eigenvalue weighted by molar-refractivity contribution is -0.274. The van der Waals surface area contributed by atoms with Gasteiger partial charge in [0.05, 0.1) is 12.1 Å². The van der Waals surface area contributed by atoms with E-state index in [0.717, 1.165) is 17.7 Å². The fourth-order valence-electron chi connectivity index (χ4n) is 4.52. The molecule has 0 aliphatic carbocycles. The Morgan fingerprint density at radius 1 is 1.02 bits per heavy atom. The summed E-state index contributed by atoms with van der Waals surface area (Å²) >= 11 is 5.89. The number of alkyl halides is 3. The molecule has 1 amide bonds. The maximum absolute atomic E-state index is 14.0. The predicted molar refractivity (Wildman–Crippen MR) is 151 cm³/mol. The third kappa shape index (κ3) is 9.34. The number of nitrogens with zero attached hydrogens (tertiary/aromatic N) is 2. The number of aromatic nitrogens is 1. The number of hydrogen-bond acceptors (Lipinski definition) is 8. The fraction of sp³-hybridized carbons (Fsp3) is 0.310. The Labute approximate surface area is 258 Å². The van der Waals surface area contributed by atoms with E-state index >= 15 is 0 Å². The van der Waals surface area contributed by atoms with Crippen LogP contribution in [0, 0.1) is 5.82 Å². The average Bonchev–Trinajstić information content (AvgIpc) is 3.27. The fourth-order valence-corrected chi connectivity index (χ4v) is 4.63. The third-order valence-electron chi connectivity index (χ3n) is 6.68. The van der Waals surface area contributed by atoms with Crippen molar-refractivity contribution in [2.24, 2.45) is 0 Å². The zero-order valence-corrected chi connectivity index (χ0v) is 24.3. The van der Waals surface area contributed by atoms with Gasteiger partial charge in [-0.05, 0) is 73.9 Å². The smallest absolute Gasteiger partial charge is 0.479 e. The van der Waals surface area contributed by atoms with Gasteiger partial charge < -0.3 is 30.1 Å². The van der Waals surface area contributed by atoms with Crippen molar-refractivity contribution < 1.29 is 57.1 Å². The molecule has 1 saturated heterocycles. The Morgan fingerprint density at radius 3 is 2.11 bits per heavy atom. The lowest BCUT2D eigenvalue weighted by Gasteiger charge is -2.30. The van der Waals surface area contributed by atoms with E-state index in [-0.39, 0.29) is 5.91 Å². The zero-order chi connectivity index (χ0) is 33.7. The first-order valence-electron chi connectivity index (χ1n) is 13.1. The maximum atomic E-state index is 14.0. The number of rotatable bonds is 9. The summed E-state index contributed by atoms with van der Waals surface area (Å²) in [5.74, 6) is -4.68. The van der Waals surface area contributed by atoms with Crippen molar-refractivity contribution in [2.75, 3.05) is 4.90 Å². The second kappa shape index (κ2) is 14.2. The van der Waals surface area contributed by atoms with Gasteiger partial charge in [0.1, 0.15) is 16.7 Å². The number of halogens is 5. The number of ether oxygens (including phenoxy) is 1. The van der Waals surface area contributed by atoms with Gasteiger partial charge in [-0.15, -0.1) is 13.2 Å². The van der Waals surface area contributed by atoms with Crippen LogP contribution in [0.1, 0.15) is 37.4 Å². The first-order chi connectivity index (χ1) is 20.9. The lowest BCUT2D eigenvalue weighted by atomic mass is 9.93. The van der Waals surface area contributed by atoms with Gasteiger partial charge in [0.15, 0.2) is 12.2 Å². The van der Waals surface area contributed by atoms with Gasteiger partial charge >= 0.3 is 18.3 Å². The van der Waals surface area contributed by atoms with Crippen molar-refractivity contribution in [1.29, 1.82) is 0 Å². The number of nitrogens with one attached hydrogen (secondary N) is 1. The number of carboxylic acid groups (broad SMARTS) is 2. The second-order valence-corrected chi connectivity index (χ2v) is 10.7. The minimum absolute atomic E-state index is 0.293. The molecule has 5 N–H and O–H groups in total. The average molecular weight is 658 g/mol. The molecule has 11 nitrogen and oxygen atoms in total. The van der Waals surface area contributed by atoms with Crippen LogP contribution in [0.5, 0.6) is 5.75 Å². The zero-order valence-electron chi connectivity index (χ0n) is 23.6. The van der Waals surface area contributed by atoms with Gasteiger partial charge in [-0.25, -0.2) is 19.0 Å². The summed E-state index contributed by atoms with van der Waals surface area (Å²) < 4.78 is 55.6. The second-order valence-electron chi connectivity index (χ2n) is 10.3. The predicted octanol–water partition coefficient (Wildman–Crippen LogP) is 4.02. The minimum atomic E-state index is -4.83. The number of benzene rings is 2. The molecule has 45 heavy (non-hydrogen) atoms. The van der Waals surface area contributed by atoms with Gasteiger partial charge in [0.25, 0.3) is 0 Å². The molecule has 0 saturated carbocycles. The van der Waals surface area contributed by atoms with Crippen LogP contribution >= 0.6 is 11.6 Å². The van der Waals surface area contributed by atoms with Crippen LogP contribution in [0.25, 0.3) is 0 Å². The van der Waals surface area contributed by atoms with Crippen molar-refractivity contribution in [2.45, 2.75) is 56.5 Å². The van der Waals surface area contributed by atoms with Crippen molar-refractivity contribution in [3.8, 4) is 5.75 Å². The molecular weight excluding hydrogens is 630 g/mol. The highest BCUT2D eigenvalue weighted by atomic mass is 35.5. The summed E-state index contributed by atoms with van der Waals surface area (Å²) in [7, 11) is 0. The van der Waals surface area contributed by atoms with Crippen LogP contribution in [-0.2, 0) is 19.9 Å². The Morgan fingerprint density at radius 2 is 1.62 bits per heavy atom. The standard InChI is InChI=1S/C25H22ClF4N3O2.C4H6O6/c1-24(2,16-6-11-22(26)31-14-16)32-20-13-21(15-4-3-5-17(27)12-15)33(23(20)34)18-7-9-19(10-8-18)35-25(28,29)30;5-1(3(7)8)2(6)4(9)10/h3-12,14,20-21,32H,13H2,1-2H3;1-2,5-6H,(H,7,8)(H,9,10)/t20-,21-;/m1./s1. The molecule has 2 aromatic carbocycles. The number of carbonyl (C=O) groups excluding carboxylic acids is 1. The molecule has 1 fully saturated rings. The molecule has 1 aliphatic heterocycles. The maximum Gasteiger partial charge on any atom is 0.573 e. The Bertz CT molecular complexity index is 1490. The molecule has 0 spiro atoms. The summed E-state index contributed by atoms with van der Waals surface area (Å²) in [5.41, 5.74) is 1.09. The van der Waals surface area contributed by atoms with E-state index in [1.165, 1.54) is 29.2 Å². The monoisotopic (exact) mass is 657 g/mol.